The molecule has 0 fully saturated rings. The maximum Gasteiger partial charge on any atom is 0.126 e. The Balaban J connectivity index is 2.54. The fraction of sp³-hybridized carbons (Fsp3) is 0.600. The number of nitrogens with two attached hydrogens (primary N) is 1. The molecule has 1 unspecified atom stereocenters. The quantitative estimate of drug-likeness (QED) is 0.744. The molecule has 1 aromatic rings. The third-order valence-corrected chi connectivity index (χ3v) is 3.47. The maximum atomic E-state index is 6.25. The Kier molecular flexibility index (Phi) is 3.17. The molecule has 0 bridgehead atoms. The molecule has 0 amide bonds. The minimum absolute atomic E-state index is 0.119. The average molecular weight is 233 g/mol. The van der Waals surface area contributed by atoms with Crippen LogP contribution in [0.2, 0.25) is 0 Å². The molecule has 2 rings (SSSR count). The summed E-state index contributed by atoms with van der Waals surface area (Å²) in [5.74, 6) is 1.02. The van der Waals surface area contributed by atoms with E-state index >= 15 is 0 Å². The lowest BCUT2D eigenvalue weighted by Gasteiger charge is -2.23. The summed E-state index contributed by atoms with van der Waals surface area (Å²) in [6.07, 6.45) is 2.06. The summed E-state index contributed by atoms with van der Waals surface area (Å²) in [5.41, 5.74) is 10.1. The first kappa shape index (κ1) is 12.4. The summed E-state index contributed by atoms with van der Waals surface area (Å²) in [5, 5.41) is 0. The van der Waals surface area contributed by atoms with E-state index in [1.165, 1.54) is 16.7 Å². The van der Waals surface area contributed by atoms with Crippen LogP contribution in [0.1, 0.15) is 56.3 Å². The number of ether oxygens (including phenoxy) is 1. The summed E-state index contributed by atoms with van der Waals surface area (Å²) in [4.78, 5) is 0. The van der Waals surface area contributed by atoms with Gasteiger partial charge in [0.15, 0.2) is 0 Å². The SMILES string of the molecule is Cc1cc(C(C)(C)C)cc2c1OCCCC2N. The van der Waals surface area contributed by atoms with Crippen molar-refractivity contribution < 1.29 is 4.74 Å². The van der Waals surface area contributed by atoms with Gasteiger partial charge in [0.25, 0.3) is 0 Å². The molecule has 2 heteroatoms. The lowest BCUT2D eigenvalue weighted by atomic mass is 9.83. The lowest BCUT2D eigenvalue weighted by Crippen LogP contribution is -2.15. The predicted octanol–water partition coefficient (Wildman–Crippen LogP) is 3.46. The molecule has 17 heavy (non-hydrogen) atoms. The number of rotatable bonds is 0. The van der Waals surface area contributed by atoms with Gasteiger partial charge < -0.3 is 10.5 Å². The third-order valence-electron chi connectivity index (χ3n) is 3.47. The summed E-state index contributed by atoms with van der Waals surface area (Å²) < 4.78 is 5.84. The summed E-state index contributed by atoms with van der Waals surface area (Å²) in [7, 11) is 0. The van der Waals surface area contributed by atoms with Crippen LogP contribution in [0.5, 0.6) is 5.75 Å². The number of aryl methyl sites for hydroxylation is 1. The highest BCUT2D eigenvalue weighted by Crippen LogP contribution is 2.36. The fourth-order valence-electron chi connectivity index (χ4n) is 2.34. The third kappa shape index (κ3) is 2.47. The molecule has 0 radical (unpaired) electrons. The Bertz CT molecular complexity index is 418. The summed E-state index contributed by atoms with van der Waals surface area (Å²) in [6, 6.07) is 4.59. The fourth-order valence-corrected chi connectivity index (χ4v) is 2.34. The van der Waals surface area contributed by atoms with Crippen molar-refractivity contribution in [1.29, 1.82) is 0 Å². The second kappa shape index (κ2) is 4.34. The molecule has 1 aliphatic heterocycles. The van der Waals surface area contributed by atoms with Crippen molar-refractivity contribution >= 4 is 0 Å². The molecule has 2 nitrogen and oxygen atoms in total. The molecule has 94 valence electrons. The lowest BCUT2D eigenvalue weighted by molar-refractivity contribution is 0.314. The van der Waals surface area contributed by atoms with Gasteiger partial charge in [-0.05, 0) is 42.4 Å². The molecule has 1 heterocycles. The van der Waals surface area contributed by atoms with Crippen molar-refractivity contribution in [3.63, 3.8) is 0 Å². The van der Waals surface area contributed by atoms with Crippen LogP contribution in [0, 0.1) is 6.92 Å². The van der Waals surface area contributed by atoms with Gasteiger partial charge in [-0.1, -0.05) is 26.8 Å². The average Bonchev–Trinajstić information content (AvgIpc) is 2.40. The molecule has 1 aliphatic rings. The number of fused-ring (bicyclic) bond motifs is 1. The van der Waals surface area contributed by atoms with Crippen LogP contribution >= 0.6 is 0 Å². The number of benzene rings is 1. The van der Waals surface area contributed by atoms with Gasteiger partial charge in [-0.25, -0.2) is 0 Å². The van der Waals surface area contributed by atoms with E-state index in [4.69, 9.17) is 10.5 Å². The summed E-state index contributed by atoms with van der Waals surface area (Å²) >= 11 is 0. The summed E-state index contributed by atoms with van der Waals surface area (Å²) in [6.45, 7) is 9.61. The van der Waals surface area contributed by atoms with Crippen molar-refractivity contribution in [2.24, 2.45) is 5.73 Å². The molecule has 2 N–H and O–H groups in total. The van der Waals surface area contributed by atoms with Crippen molar-refractivity contribution in [3.05, 3.63) is 28.8 Å². The molecule has 0 spiro atoms. The van der Waals surface area contributed by atoms with E-state index in [-0.39, 0.29) is 11.5 Å². The molecule has 1 atom stereocenters. The van der Waals surface area contributed by atoms with Gasteiger partial charge in [-0.3, -0.25) is 0 Å². The minimum atomic E-state index is 0.119. The first-order valence-electron chi connectivity index (χ1n) is 6.43. The minimum Gasteiger partial charge on any atom is -0.493 e. The zero-order chi connectivity index (χ0) is 12.6. The zero-order valence-electron chi connectivity index (χ0n) is 11.3. The van der Waals surface area contributed by atoms with E-state index < -0.39 is 0 Å². The smallest absolute Gasteiger partial charge is 0.126 e. The highest BCUT2D eigenvalue weighted by atomic mass is 16.5. The van der Waals surface area contributed by atoms with Crippen LogP contribution < -0.4 is 10.5 Å². The van der Waals surface area contributed by atoms with Gasteiger partial charge in [0.05, 0.1) is 6.61 Å². The van der Waals surface area contributed by atoms with E-state index in [1.54, 1.807) is 0 Å². The molecule has 1 aromatic carbocycles. The largest absolute Gasteiger partial charge is 0.493 e. The van der Waals surface area contributed by atoms with Gasteiger partial charge in [0.1, 0.15) is 5.75 Å². The predicted molar refractivity (Wildman–Crippen MR) is 71.5 cm³/mol. The van der Waals surface area contributed by atoms with Crippen LogP contribution in [-0.4, -0.2) is 6.61 Å². The Hall–Kier alpha value is -1.02. The van der Waals surface area contributed by atoms with E-state index in [0.29, 0.717) is 0 Å². The van der Waals surface area contributed by atoms with Crippen LogP contribution in [0.15, 0.2) is 12.1 Å². The van der Waals surface area contributed by atoms with Gasteiger partial charge in [0, 0.05) is 11.6 Å². The monoisotopic (exact) mass is 233 g/mol. The number of hydrogen-bond donors (Lipinski definition) is 1. The Morgan fingerprint density at radius 3 is 2.65 bits per heavy atom. The zero-order valence-corrected chi connectivity index (χ0v) is 11.3. The Morgan fingerprint density at radius 2 is 2.00 bits per heavy atom. The molecular weight excluding hydrogens is 210 g/mol. The standard InChI is InChI=1S/C15H23NO/c1-10-8-11(15(2,3)4)9-12-13(16)6-5-7-17-14(10)12/h8-9,13H,5-7,16H2,1-4H3. The van der Waals surface area contributed by atoms with Crippen molar-refractivity contribution in [2.45, 2.75) is 52.0 Å². The highest BCUT2D eigenvalue weighted by Gasteiger charge is 2.22. The van der Waals surface area contributed by atoms with Crippen LogP contribution in [0.25, 0.3) is 0 Å². The maximum absolute atomic E-state index is 6.25. The van der Waals surface area contributed by atoms with Crippen LogP contribution in [0.4, 0.5) is 0 Å². The van der Waals surface area contributed by atoms with E-state index in [1.807, 2.05) is 0 Å². The second-order valence-corrected chi connectivity index (χ2v) is 6.06. The first-order valence-corrected chi connectivity index (χ1v) is 6.43. The van der Waals surface area contributed by atoms with Gasteiger partial charge >= 0.3 is 0 Å². The topological polar surface area (TPSA) is 35.2 Å². The Labute approximate surface area is 104 Å². The second-order valence-electron chi connectivity index (χ2n) is 6.06. The van der Waals surface area contributed by atoms with Gasteiger partial charge in [-0.15, -0.1) is 0 Å². The van der Waals surface area contributed by atoms with Crippen LogP contribution in [-0.2, 0) is 5.41 Å². The molecule has 0 aromatic heterocycles. The molecule has 0 aliphatic carbocycles. The van der Waals surface area contributed by atoms with Crippen molar-refractivity contribution in [2.75, 3.05) is 6.61 Å². The van der Waals surface area contributed by atoms with E-state index in [0.717, 1.165) is 25.2 Å². The number of hydrogen-bond acceptors (Lipinski definition) is 2. The molecular formula is C15H23NO. The van der Waals surface area contributed by atoms with Crippen molar-refractivity contribution in [1.82, 2.24) is 0 Å². The van der Waals surface area contributed by atoms with Crippen molar-refractivity contribution in [3.8, 4) is 5.75 Å². The van der Waals surface area contributed by atoms with Gasteiger partial charge in [-0.2, -0.15) is 0 Å². The van der Waals surface area contributed by atoms with Crippen LogP contribution in [0.3, 0.4) is 0 Å². The first-order chi connectivity index (χ1) is 7.89. The van der Waals surface area contributed by atoms with E-state index in [2.05, 4.69) is 39.8 Å². The van der Waals surface area contributed by atoms with E-state index in [9.17, 15) is 0 Å². The molecule has 0 saturated carbocycles. The molecule has 0 saturated heterocycles. The Morgan fingerprint density at radius 1 is 1.29 bits per heavy atom. The highest BCUT2D eigenvalue weighted by molar-refractivity contribution is 5.47. The van der Waals surface area contributed by atoms with Gasteiger partial charge in [0.2, 0.25) is 0 Å². The normalized spacial score (nSPS) is 20.4.